The number of sulfonamides is 1. The first-order valence-electron chi connectivity index (χ1n) is 9.39. The van der Waals surface area contributed by atoms with Crippen molar-refractivity contribution < 1.29 is 18.0 Å². The van der Waals surface area contributed by atoms with Gasteiger partial charge in [0.1, 0.15) is 0 Å². The molecule has 3 aliphatic heterocycles. The minimum absolute atomic E-state index is 0. The van der Waals surface area contributed by atoms with Gasteiger partial charge in [-0.2, -0.15) is 0 Å². The van der Waals surface area contributed by atoms with Gasteiger partial charge in [0.2, 0.25) is 21.8 Å². The normalized spacial score (nSPS) is 29.2. The Morgan fingerprint density at radius 3 is 2.42 bits per heavy atom. The van der Waals surface area contributed by atoms with E-state index < -0.39 is 10.0 Å². The van der Waals surface area contributed by atoms with E-state index in [1.54, 1.807) is 4.90 Å². The molecule has 26 heavy (non-hydrogen) atoms. The molecule has 0 radical (unpaired) electrons. The molecule has 0 N–H and O–H groups in total. The average Bonchev–Trinajstić information content (AvgIpc) is 3.23. The van der Waals surface area contributed by atoms with E-state index in [1.807, 2.05) is 6.92 Å². The van der Waals surface area contributed by atoms with Crippen molar-refractivity contribution >= 4 is 34.2 Å². The molecule has 7 nitrogen and oxygen atoms in total. The van der Waals surface area contributed by atoms with Crippen LogP contribution in [0.25, 0.3) is 0 Å². The molecule has 0 saturated carbocycles. The monoisotopic (exact) mass is 407 g/mol. The smallest absolute Gasteiger partial charge is 0.241 e. The van der Waals surface area contributed by atoms with Crippen LogP contribution in [0.2, 0.25) is 0 Å². The average molecular weight is 408 g/mol. The lowest BCUT2D eigenvalue weighted by Crippen LogP contribution is -2.44. The van der Waals surface area contributed by atoms with Crippen molar-refractivity contribution in [2.75, 3.05) is 32.4 Å². The maximum Gasteiger partial charge on any atom is 0.241 e. The number of amides is 2. The zero-order chi connectivity index (χ0) is 18.2. The molecule has 0 spiro atoms. The molecular weight excluding hydrogens is 378 g/mol. The summed E-state index contributed by atoms with van der Waals surface area (Å²) in [5.74, 6) is -0.650. The zero-order valence-electron chi connectivity index (χ0n) is 15.6. The molecule has 3 atom stereocenters. The van der Waals surface area contributed by atoms with Crippen LogP contribution in [0.5, 0.6) is 0 Å². The lowest BCUT2D eigenvalue weighted by Gasteiger charge is -2.28. The van der Waals surface area contributed by atoms with Crippen LogP contribution in [0, 0.1) is 5.92 Å². The van der Waals surface area contributed by atoms with Crippen molar-refractivity contribution in [2.24, 2.45) is 5.92 Å². The molecule has 0 aromatic heterocycles. The molecular formula is C17H30ClN3O4S. The number of likely N-dealkylation sites (tertiary alicyclic amines) is 2. The molecule has 9 heteroatoms. The van der Waals surface area contributed by atoms with Crippen molar-refractivity contribution in [3.63, 3.8) is 0 Å². The molecule has 3 heterocycles. The van der Waals surface area contributed by atoms with Crippen molar-refractivity contribution in [1.29, 1.82) is 0 Å². The summed E-state index contributed by atoms with van der Waals surface area (Å²) in [7, 11) is -3.59. The lowest BCUT2D eigenvalue weighted by molar-refractivity contribution is -0.134. The van der Waals surface area contributed by atoms with Gasteiger partial charge < -0.3 is 9.80 Å². The highest BCUT2D eigenvalue weighted by Gasteiger charge is 2.56. The predicted octanol–water partition coefficient (Wildman–Crippen LogP) is 1.08. The van der Waals surface area contributed by atoms with E-state index in [0.29, 0.717) is 25.8 Å². The Morgan fingerprint density at radius 2 is 1.85 bits per heavy atom. The quantitative estimate of drug-likeness (QED) is 0.658. The largest absolute Gasteiger partial charge is 0.337 e. The van der Waals surface area contributed by atoms with Crippen LogP contribution in [0.1, 0.15) is 45.4 Å². The Labute approximate surface area is 162 Å². The highest BCUT2D eigenvalue weighted by atomic mass is 35.5. The first-order valence-corrected chi connectivity index (χ1v) is 11.2. The van der Waals surface area contributed by atoms with E-state index >= 15 is 0 Å². The lowest BCUT2D eigenvalue weighted by atomic mass is 9.94. The minimum atomic E-state index is -3.59. The van der Waals surface area contributed by atoms with Gasteiger partial charge >= 0.3 is 0 Å². The summed E-state index contributed by atoms with van der Waals surface area (Å²) in [6.45, 7) is 5.40. The van der Waals surface area contributed by atoms with Gasteiger partial charge in [-0.15, -0.1) is 12.4 Å². The summed E-state index contributed by atoms with van der Waals surface area (Å²) in [5, 5.41) is 0. The van der Waals surface area contributed by atoms with Gasteiger partial charge in [-0.25, -0.2) is 12.7 Å². The fourth-order valence-corrected chi connectivity index (χ4v) is 5.91. The third kappa shape index (κ3) is 4.02. The highest BCUT2D eigenvalue weighted by Crippen LogP contribution is 2.40. The number of hydrogen-bond acceptors (Lipinski definition) is 5. The van der Waals surface area contributed by atoms with Crippen LogP contribution in [0.15, 0.2) is 0 Å². The molecule has 0 unspecified atom stereocenters. The summed E-state index contributed by atoms with van der Waals surface area (Å²) >= 11 is 0. The Balaban J connectivity index is 0.00000243. The fourth-order valence-electron chi connectivity index (χ4n) is 4.72. The Morgan fingerprint density at radius 1 is 1.19 bits per heavy atom. The summed E-state index contributed by atoms with van der Waals surface area (Å²) in [6.07, 6.45) is 5.91. The van der Waals surface area contributed by atoms with Crippen molar-refractivity contribution in [2.45, 2.75) is 57.5 Å². The standard InChI is InChI=1S/C17H29N3O4S.ClH/c1-3-6-13-16-14(20(17(13)22)25(2,23)24)7-12-19(16)15(21)8-11-18-9-4-5-10-18;/h13-14,16H,3-12H2,1-2H3;1H/t13-,14+,16-;/m1./s1. The number of fused-ring (bicyclic) bond motifs is 1. The van der Waals surface area contributed by atoms with Gasteiger partial charge in [0.25, 0.3) is 0 Å². The highest BCUT2D eigenvalue weighted by molar-refractivity contribution is 7.88. The van der Waals surface area contributed by atoms with Gasteiger partial charge in [-0.1, -0.05) is 13.3 Å². The Hall–Kier alpha value is -0.860. The van der Waals surface area contributed by atoms with Crippen LogP contribution < -0.4 is 0 Å². The first kappa shape index (κ1) is 21.4. The first-order chi connectivity index (χ1) is 11.8. The second kappa shape index (κ2) is 8.44. The van der Waals surface area contributed by atoms with E-state index in [1.165, 1.54) is 12.8 Å². The van der Waals surface area contributed by atoms with Crippen LogP contribution in [0.4, 0.5) is 0 Å². The second-order valence-electron chi connectivity index (χ2n) is 7.52. The molecule has 0 aliphatic carbocycles. The molecule has 3 rings (SSSR count). The van der Waals surface area contributed by atoms with Crippen molar-refractivity contribution in [3.8, 4) is 0 Å². The molecule has 0 aromatic carbocycles. The summed E-state index contributed by atoms with van der Waals surface area (Å²) in [5.41, 5.74) is 0. The number of rotatable bonds is 6. The molecule has 150 valence electrons. The summed E-state index contributed by atoms with van der Waals surface area (Å²) in [4.78, 5) is 29.6. The van der Waals surface area contributed by atoms with Gasteiger partial charge in [-0.05, 0) is 38.8 Å². The summed E-state index contributed by atoms with van der Waals surface area (Å²) < 4.78 is 25.3. The van der Waals surface area contributed by atoms with Crippen molar-refractivity contribution in [3.05, 3.63) is 0 Å². The third-order valence-corrected chi connectivity index (χ3v) is 6.95. The predicted molar refractivity (Wildman–Crippen MR) is 102 cm³/mol. The van der Waals surface area contributed by atoms with Crippen LogP contribution in [-0.2, 0) is 19.6 Å². The minimum Gasteiger partial charge on any atom is -0.337 e. The fraction of sp³-hybridized carbons (Fsp3) is 0.882. The van der Waals surface area contributed by atoms with E-state index in [4.69, 9.17) is 0 Å². The van der Waals surface area contributed by atoms with Gasteiger partial charge in [0.15, 0.2) is 0 Å². The van der Waals surface area contributed by atoms with E-state index in [0.717, 1.165) is 36.6 Å². The van der Waals surface area contributed by atoms with Gasteiger partial charge in [0, 0.05) is 19.5 Å². The van der Waals surface area contributed by atoms with Crippen LogP contribution in [-0.4, -0.2) is 78.9 Å². The van der Waals surface area contributed by atoms with E-state index in [-0.39, 0.29) is 42.2 Å². The van der Waals surface area contributed by atoms with Crippen LogP contribution >= 0.6 is 12.4 Å². The van der Waals surface area contributed by atoms with Gasteiger partial charge in [0.05, 0.1) is 24.3 Å². The molecule has 0 aromatic rings. The maximum atomic E-state index is 12.8. The molecule has 0 bridgehead atoms. The third-order valence-electron chi connectivity index (χ3n) is 5.79. The molecule has 3 saturated heterocycles. The number of halogens is 1. The number of nitrogens with zero attached hydrogens (tertiary/aromatic N) is 3. The topological polar surface area (TPSA) is 78.0 Å². The van der Waals surface area contributed by atoms with E-state index in [9.17, 15) is 18.0 Å². The zero-order valence-corrected chi connectivity index (χ0v) is 17.2. The number of hydrogen-bond donors (Lipinski definition) is 0. The van der Waals surface area contributed by atoms with Gasteiger partial charge in [-0.3, -0.25) is 9.59 Å². The Bertz CT molecular complexity index is 636. The number of carbonyl (C=O) groups excluding carboxylic acids is 2. The second-order valence-corrected chi connectivity index (χ2v) is 9.38. The summed E-state index contributed by atoms with van der Waals surface area (Å²) in [6, 6.07) is -0.664. The SMILES string of the molecule is CCC[C@H]1C(=O)N(S(C)(=O)=O)[C@H]2CCN(C(=O)CCN3CCCC3)[C@H]12.Cl. The number of carbonyl (C=O) groups is 2. The maximum absolute atomic E-state index is 12.8. The van der Waals surface area contributed by atoms with E-state index in [2.05, 4.69) is 4.90 Å². The van der Waals surface area contributed by atoms with Crippen LogP contribution in [0.3, 0.4) is 0 Å². The Kier molecular flexibility index (Phi) is 6.96. The molecule has 2 amide bonds. The molecule has 3 aliphatic rings. The molecule has 3 fully saturated rings. The van der Waals surface area contributed by atoms with Crippen molar-refractivity contribution in [1.82, 2.24) is 14.1 Å².